The average Bonchev–Trinajstić information content (AvgIpc) is 3.06. The van der Waals surface area contributed by atoms with Crippen LogP contribution in [0.4, 0.5) is 0 Å². The van der Waals surface area contributed by atoms with Crippen LogP contribution in [0.25, 0.3) is 0 Å². The van der Waals surface area contributed by atoms with E-state index in [2.05, 4.69) is 4.72 Å². The Labute approximate surface area is 150 Å². The van der Waals surface area contributed by atoms with E-state index in [1.807, 2.05) is 61.5 Å². The topological polar surface area (TPSA) is 55.4 Å². The van der Waals surface area contributed by atoms with Crippen molar-refractivity contribution in [3.05, 3.63) is 71.3 Å². The number of allylic oxidation sites excluding steroid dienone is 1. The quantitative estimate of drug-likeness (QED) is 0.861. The molecule has 0 saturated heterocycles. The van der Waals surface area contributed by atoms with Crippen LogP contribution in [0.1, 0.15) is 30.0 Å². The molecule has 0 bridgehead atoms. The maximum absolute atomic E-state index is 12.8. The fraction of sp³-hybridized carbons (Fsp3) is 0.250. The van der Waals surface area contributed by atoms with E-state index in [0.717, 1.165) is 23.3 Å². The van der Waals surface area contributed by atoms with Gasteiger partial charge in [0, 0.05) is 12.0 Å². The molecule has 1 aliphatic carbocycles. The Morgan fingerprint density at radius 3 is 2.32 bits per heavy atom. The first-order valence-electron chi connectivity index (χ1n) is 8.20. The Bertz CT molecular complexity index is 810. The Hall–Kier alpha value is -2.24. The van der Waals surface area contributed by atoms with Crippen molar-refractivity contribution in [2.45, 2.75) is 30.7 Å². The molecule has 1 aliphatic rings. The second kappa shape index (κ2) is 7.76. The van der Waals surface area contributed by atoms with Gasteiger partial charge >= 0.3 is 0 Å². The summed E-state index contributed by atoms with van der Waals surface area (Å²) < 4.78 is 21.1. The third-order valence-electron chi connectivity index (χ3n) is 4.28. The molecule has 130 valence electrons. The lowest BCUT2D eigenvalue weighted by Crippen LogP contribution is -2.27. The summed E-state index contributed by atoms with van der Waals surface area (Å²) >= 11 is 0. The number of benzene rings is 2. The minimum atomic E-state index is -1.41. The first-order valence-corrected chi connectivity index (χ1v) is 9.35. The zero-order valence-corrected chi connectivity index (χ0v) is 15.1. The third kappa shape index (κ3) is 4.06. The SMILES string of the molecule is COc1ccc([C@H](NS(=O)c2ccc(C)cc2)C2=CCCC2=O)cc1. The number of hydrogen-bond donors (Lipinski definition) is 1. The highest BCUT2D eigenvalue weighted by atomic mass is 32.2. The number of rotatable bonds is 6. The predicted molar refractivity (Wildman–Crippen MR) is 98.8 cm³/mol. The van der Waals surface area contributed by atoms with E-state index in [9.17, 15) is 9.00 Å². The number of Topliss-reactive ketones (excluding diaryl/α,β-unsaturated/α-hetero) is 1. The van der Waals surface area contributed by atoms with Gasteiger partial charge in [0.05, 0.1) is 18.0 Å². The lowest BCUT2D eigenvalue weighted by Gasteiger charge is -2.20. The molecule has 2 aromatic rings. The molecule has 0 fully saturated rings. The standard InChI is InChI=1S/C20H21NO3S/c1-14-6-12-17(13-7-14)25(23)21-20(18-4-3-5-19(18)22)15-8-10-16(24-2)11-9-15/h4,6-13,20-21H,3,5H2,1-2H3/t20-,25?/m0/s1. The normalized spacial score (nSPS) is 16.4. The van der Waals surface area contributed by atoms with Crippen molar-refractivity contribution in [2.75, 3.05) is 7.11 Å². The van der Waals surface area contributed by atoms with Gasteiger partial charge in [-0.15, -0.1) is 0 Å². The van der Waals surface area contributed by atoms with E-state index < -0.39 is 17.0 Å². The monoisotopic (exact) mass is 355 g/mol. The maximum atomic E-state index is 12.8. The Balaban J connectivity index is 1.89. The van der Waals surface area contributed by atoms with Crippen LogP contribution in [0.15, 0.2) is 65.1 Å². The van der Waals surface area contributed by atoms with Crippen LogP contribution >= 0.6 is 0 Å². The van der Waals surface area contributed by atoms with Gasteiger partial charge in [-0.25, -0.2) is 8.93 Å². The highest BCUT2D eigenvalue weighted by Crippen LogP contribution is 2.30. The second-order valence-corrected chi connectivity index (χ2v) is 7.27. The third-order valence-corrected chi connectivity index (χ3v) is 5.43. The number of methoxy groups -OCH3 is 1. The van der Waals surface area contributed by atoms with Crippen LogP contribution in [-0.2, 0) is 15.8 Å². The van der Waals surface area contributed by atoms with E-state index in [0.29, 0.717) is 16.9 Å². The molecule has 5 heteroatoms. The van der Waals surface area contributed by atoms with Crippen molar-refractivity contribution in [3.63, 3.8) is 0 Å². The minimum Gasteiger partial charge on any atom is -0.497 e. The van der Waals surface area contributed by atoms with Crippen molar-refractivity contribution in [1.82, 2.24) is 4.72 Å². The fourth-order valence-corrected chi connectivity index (χ4v) is 3.84. The van der Waals surface area contributed by atoms with Crippen molar-refractivity contribution in [1.29, 1.82) is 0 Å². The molecule has 0 radical (unpaired) electrons. The molecule has 4 nitrogen and oxygen atoms in total. The number of aryl methyl sites for hydroxylation is 1. The number of carbonyl (C=O) groups is 1. The van der Waals surface area contributed by atoms with Crippen molar-refractivity contribution in [2.24, 2.45) is 0 Å². The summed E-state index contributed by atoms with van der Waals surface area (Å²) in [5.74, 6) is 0.850. The van der Waals surface area contributed by atoms with Gasteiger partial charge in [0.1, 0.15) is 16.7 Å². The molecule has 25 heavy (non-hydrogen) atoms. The summed E-state index contributed by atoms with van der Waals surface area (Å²) in [7, 11) is 0.197. The summed E-state index contributed by atoms with van der Waals surface area (Å²) in [6.45, 7) is 1.99. The van der Waals surface area contributed by atoms with Gasteiger partial charge in [0.25, 0.3) is 0 Å². The lowest BCUT2D eigenvalue weighted by atomic mass is 9.98. The molecule has 0 spiro atoms. The first kappa shape index (κ1) is 17.6. The van der Waals surface area contributed by atoms with Crippen LogP contribution in [0.2, 0.25) is 0 Å². The van der Waals surface area contributed by atoms with Gasteiger partial charge in [0.2, 0.25) is 0 Å². The zero-order valence-electron chi connectivity index (χ0n) is 14.3. The molecule has 0 aliphatic heterocycles. The second-order valence-electron chi connectivity index (χ2n) is 6.03. The molecule has 1 N–H and O–H groups in total. The Morgan fingerprint density at radius 1 is 1.08 bits per heavy atom. The summed E-state index contributed by atoms with van der Waals surface area (Å²) in [5, 5.41) is 0. The molecule has 2 aromatic carbocycles. The molecule has 3 rings (SSSR count). The van der Waals surface area contributed by atoms with Gasteiger partial charge < -0.3 is 4.74 Å². The zero-order chi connectivity index (χ0) is 17.8. The van der Waals surface area contributed by atoms with Crippen LogP contribution in [0, 0.1) is 6.92 Å². The number of ether oxygens (including phenoxy) is 1. The Kier molecular flexibility index (Phi) is 5.46. The highest BCUT2D eigenvalue weighted by Gasteiger charge is 2.27. The molecular weight excluding hydrogens is 334 g/mol. The van der Waals surface area contributed by atoms with Crippen LogP contribution in [0.3, 0.4) is 0 Å². The fourth-order valence-electron chi connectivity index (χ4n) is 2.84. The van der Waals surface area contributed by atoms with Crippen molar-refractivity contribution in [3.8, 4) is 5.75 Å². The van der Waals surface area contributed by atoms with E-state index >= 15 is 0 Å². The summed E-state index contributed by atoms with van der Waals surface area (Å²) in [6, 6.07) is 14.6. The minimum absolute atomic E-state index is 0.106. The van der Waals surface area contributed by atoms with Gasteiger partial charge in [-0.3, -0.25) is 4.79 Å². The van der Waals surface area contributed by atoms with Gasteiger partial charge in [0.15, 0.2) is 5.78 Å². The molecular formula is C20H21NO3S. The van der Waals surface area contributed by atoms with Crippen LogP contribution in [0.5, 0.6) is 5.75 Å². The van der Waals surface area contributed by atoms with Gasteiger partial charge in [-0.2, -0.15) is 0 Å². The van der Waals surface area contributed by atoms with Crippen LogP contribution in [-0.4, -0.2) is 17.1 Å². The van der Waals surface area contributed by atoms with Crippen molar-refractivity contribution < 1.29 is 13.7 Å². The molecule has 0 saturated carbocycles. The summed E-state index contributed by atoms with van der Waals surface area (Å²) in [6.07, 6.45) is 3.19. The van der Waals surface area contributed by atoms with Crippen molar-refractivity contribution >= 4 is 16.8 Å². The van der Waals surface area contributed by atoms with Gasteiger partial charge in [-0.05, 0) is 43.2 Å². The first-order chi connectivity index (χ1) is 12.1. The average molecular weight is 355 g/mol. The number of carbonyl (C=O) groups excluding carboxylic acids is 1. The molecule has 0 aromatic heterocycles. The van der Waals surface area contributed by atoms with E-state index in [-0.39, 0.29) is 5.78 Å². The van der Waals surface area contributed by atoms with E-state index in [1.165, 1.54) is 0 Å². The smallest absolute Gasteiger partial charge is 0.160 e. The maximum Gasteiger partial charge on any atom is 0.160 e. The highest BCUT2D eigenvalue weighted by molar-refractivity contribution is 7.83. The molecule has 0 heterocycles. The molecule has 2 atom stereocenters. The largest absolute Gasteiger partial charge is 0.497 e. The molecule has 0 amide bonds. The number of hydrogen-bond acceptors (Lipinski definition) is 3. The van der Waals surface area contributed by atoms with E-state index in [1.54, 1.807) is 7.11 Å². The van der Waals surface area contributed by atoms with Gasteiger partial charge in [-0.1, -0.05) is 35.9 Å². The van der Waals surface area contributed by atoms with E-state index in [4.69, 9.17) is 4.74 Å². The molecule has 1 unspecified atom stereocenters. The number of ketones is 1. The predicted octanol–water partition coefficient (Wildman–Crippen LogP) is 3.65. The summed E-state index contributed by atoms with van der Waals surface area (Å²) in [4.78, 5) is 12.9. The lowest BCUT2D eigenvalue weighted by molar-refractivity contribution is -0.115. The van der Waals surface area contributed by atoms with Crippen LogP contribution < -0.4 is 9.46 Å². The Morgan fingerprint density at radius 2 is 1.76 bits per heavy atom. The summed E-state index contributed by atoms with van der Waals surface area (Å²) in [5.41, 5.74) is 2.69. The number of nitrogens with one attached hydrogen (secondary N) is 1.